The van der Waals surface area contributed by atoms with Gasteiger partial charge in [0, 0.05) is 25.2 Å². The second-order valence-electron chi connectivity index (χ2n) is 10.5. The van der Waals surface area contributed by atoms with E-state index in [0.29, 0.717) is 37.2 Å². The number of rotatable bonds is 9. The van der Waals surface area contributed by atoms with Gasteiger partial charge in [0.15, 0.2) is 0 Å². The third-order valence-corrected chi connectivity index (χ3v) is 7.79. The Morgan fingerprint density at radius 1 is 1.00 bits per heavy atom. The largest absolute Gasteiger partial charge is 0.478 e. The average molecular weight is 574 g/mol. The lowest BCUT2D eigenvalue weighted by molar-refractivity contribution is 0.0696. The molecule has 1 saturated heterocycles. The zero-order valence-electron chi connectivity index (χ0n) is 22.0. The molecule has 1 aliphatic carbocycles. The Bertz CT molecular complexity index is 1380. The highest BCUT2D eigenvalue weighted by Crippen LogP contribution is 2.42. The summed E-state index contributed by atoms with van der Waals surface area (Å²) in [4.78, 5) is 13.9. The number of carboxylic acid groups (broad SMARTS) is 1. The van der Waals surface area contributed by atoms with Crippen LogP contribution < -0.4 is 0 Å². The molecule has 1 aliphatic heterocycles. The first kappa shape index (κ1) is 29.8. The number of aromatic carboxylic acids is 1. The predicted molar refractivity (Wildman–Crippen MR) is 152 cm³/mol. The van der Waals surface area contributed by atoms with Crippen molar-refractivity contribution in [2.45, 2.75) is 38.5 Å². The molecule has 0 saturated carbocycles. The van der Waals surface area contributed by atoms with Gasteiger partial charge in [0.05, 0.1) is 17.8 Å². The van der Waals surface area contributed by atoms with E-state index in [1.165, 1.54) is 12.1 Å². The van der Waals surface area contributed by atoms with Crippen LogP contribution in [0.25, 0.3) is 11.1 Å². The smallest absolute Gasteiger partial charge is 0.335 e. The predicted octanol–water partition coefficient (Wildman–Crippen LogP) is 8.01. The van der Waals surface area contributed by atoms with Crippen molar-refractivity contribution in [1.29, 1.82) is 0 Å². The molecule has 1 fully saturated rings. The highest BCUT2D eigenvalue weighted by molar-refractivity contribution is 6.00. The van der Waals surface area contributed by atoms with Gasteiger partial charge in [0.1, 0.15) is 5.82 Å². The molecule has 8 heteroatoms. The fourth-order valence-corrected chi connectivity index (χ4v) is 5.88. The van der Waals surface area contributed by atoms with Crippen molar-refractivity contribution in [3.8, 4) is 0 Å². The molecule has 2 aliphatic rings. The molecule has 5 rings (SSSR count). The second kappa shape index (κ2) is 13.0. The normalized spacial score (nSPS) is 15.8. The lowest BCUT2D eigenvalue weighted by Crippen LogP contribution is -2.47. The Labute approximate surface area is 237 Å². The Balaban J connectivity index is 0.00000370. The van der Waals surface area contributed by atoms with Crippen molar-refractivity contribution in [2.24, 2.45) is 5.92 Å². The SMILES string of the molecule is Cl.O=C(O)c1ccc2c(c1)CCCC(c1cccc(C(F)F)c1F)=C2c1ccc(CC2CN(CCCF)C2)cc1. The number of nitrogens with zero attached hydrogens (tertiary/aromatic N) is 1. The molecule has 3 nitrogen and oxygen atoms in total. The molecule has 0 spiro atoms. The number of halogens is 5. The number of fused-ring (bicyclic) bond motifs is 1. The topological polar surface area (TPSA) is 40.5 Å². The number of hydrogen-bond acceptors (Lipinski definition) is 2. The van der Waals surface area contributed by atoms with Gasteiger partial charge in [-0.3, -0.25) is 4.39 Å². The van der Waals surface area contributed by atoms with Crippen molar-refractivity contribution in [3.63, 3.8) is 0 Å². The Hall–Kier alpha value is -3.16. The quantitative estimate of drug-likeness (QED) is 0.264. The molecule has 40 heavy (non-hydrogen) atoms. The molecule has 0 unspecified atom stereocenters. The maximum absolute atomic E-state index is 15.4. The first-order valence-corrected chi connectivity index (χ1v) is 13.4. The number of alkyl halides is 3. The molecule has 0 amide bonds. The molecule has 1 N–H and O–H groups in total. The minimum absolute atomic E-state index is 0. The minimum atomic E-state index is -2.93. The van der Waals surface area contributed by atoms with Gasteiger partial charge in [-0.15, -0.1) is 12.4 Å². The van der Waals surface area contributed by atoms with Gasteiger partial charge < -0.3 is 10.0 Å². The molecule has 0 bridgehead atoms. The van der Waals surface area contributed by atoms with Crippen molar-refractivity contribution in [1.82, 2.24) is 4.90 Å². The molecule has 0 radical (unpaired) electrons. The number of aryl methyl sites for hydroxylation is 1. The summed E-state index contributed by atoms with van der Waals surface area (Å²) < 4.78 is 55.0. The number of likely N-dealkylation sites (tertiary alicyclic amines) is 1. The van der Waals surface area contributed by atoms with Gasteiger partial charge in [-0.2, -0.15) is 0 Å². The molecule has 3 aromatic rings. The van der Waals surface area contributed by atoms with Crippen molar-refractivity contribution >= 4 is 29.5 Å². The summed E-state index contributed by atoms with van der Waals surface area (Å²) >= 11 is 0. The van der Waals surface area contributed by atoms with E-state index in [4.69, 9.17) is 0 Å². The Morgan fingerprint density at radius 3 is 2.42 bits per heavy atom. The van der Waals surface area contributed by atoms with Gasteiger partial charge in [0.25, 0.3) is 6.43 Å². The summed E-state index contributed by atoms with van der Waals surface area (Å²) in [6, 6.07) is 17.1. The lowest BCUT2D eigenvalue weighted by Gasteiger charge is -2.39. The van der Waals surface area contributed by atoms with Crippen LogP contribution in [0.4, 0.5) is 17.6 Å². The Morgan fingerprint density at radius 2 is 1.75 bits per heavy atom. The number of carboxylic acids is 1. The molecule has 212 valence electrons. The Kier molecular flexibility index (Phi) is 9.69. The molecule has 0 atom stereocenters. The van der Waals surface area contributed by atoms with E-state index in [0.717, 1.165) is 59.9 Å². The summed E-state index contributed by atoms with van der Waals surface area (Å²) in [6.07, 6.45) is 0.236. The lowest BCUT2D eigenvalue weighted by atomic mass is 9.85. The van der Waals surface area contributed by atoms with Crippen LogP contribution >= 0.6 is 12.4 Å². The van der Waals surface area contributed by atoms with E-state index in [2.05, 4.69) is 4.90 Å². The van der Waals surface area contributed by atoms with Crippen LogP contribution in [0.3, 0.4) is 0 Å². The number of hydrogen-bond donors (Lipinski definition) is 1. The van der Waals surface area contributed by atoms with Crippen LogP contribution in [0.2, 0.25) is 0 Å². The molecule has 1 heterocycles. The summed E-state index contributed by atoms with van der Waals surface area (Å²) in [5, 5.41) is 9.52. The van der Waals surface area contributed by atoms with Crippen LogP contribution in [0.5, 0.6) is 0 Å². The third-order valence-electron chi connectivity index (χ3n) is 7.79. The third kappa shape index (κ3) is 6.26. The van der Waals surface area contributed by atoms with E-state index in [1.807, 2.05) is 24.3 Å². The molecular formula is C32H32ClF4NO2. The summed E-state index contributed by atoms with van der Waals surface area (Å²) in [5.74, 6) is -1.42. The van der Waals surface area contributed by atoms with Gasteiger partial charge in [0.2, 0.25) is 0 Å². The van der Waals surface area contributed by atoms with Crippen LogP contribution in [0.15, 0.2) is 60.7 Å². The average Bonchev–Trinajstić information content (AvgIpc) is 3.09. The summed E-state index contributed by atoms with van der Waals surface area (Å²) in [5.41, 5.74) is 4.74. The first-order chi connectivity index (χ1) is 18.9. The van der Waals surface area contributed by atoms with E-state index in [-0.39, 0.29) is 30.2 Å². The number of carbonyl (C=O) groups is 1. The van der Waals surface area contributed by atoms with Gasteiger partial charge in [-0.05, 0) is 83.6 Å². The van der Waals surface area contributed by atoms with E-state index in [9.17, 15) is 23.1 Å². The first-order valence-electron chi connectivity index (χ1n) is 13.4. The maximum atomic E-state index is 15.4. The molecule has 0 aromatic heterocycles. The fourth-order valence-electron chi connectivity index (χ4n) is 5.88. The van der Waals surface area contributed by atoms with E-state index >= 15 is 4.39 Å². The summed E-state index contributed by atoms with van der Waals surface area (Å²) in [7, 11) is 0. The number of benzene rings is 3. The van der Waals surface area contributed by atoms with Crippen molar-refractivity contribution in [3.05, 3.63) is 105 Å². The summed E-state index contributed by atoms with van der Waals surface area (Å²) in [6.45, 7) is 2.40. The number of allylic oxidation sites excluding steroid dienone is 1. The van der Waals surface area contributed by atoms with E-state index < -0.39 is 23.8 Å². The standard InChI is InChI=1S/C32H31F4NO2.ClH/c33-14-3-15-37-18-21(19-37)16-20-8-10-22(11-9-20)29-25-13-12-24(32(38)39)17-23(25)4-1-5-26(29)27-6-2-7-28(30(27)34)31(35)36;/h2,6-13,17,21,31H,1,3-5,14-16,18-19H2,(H,38,39);1H. The van der Waals surface area contributed by atoms with Gasteiger partial charge in [-0.25, -0.2) is 18.0 Å². The zero-order valence-corrected chi connectivity index (χ0v) is 22.8. The van der Waals surface area contributed by atoms with Crippen LogP contribution in [-0.2, 0) is 12.8 Å². The highest BCUT2D eigenvalue weighted by atomic mass is 35.5. The van der Waals surface area contributed by atoms with Gasteiger partial charge >= 0.3 is 5.97 Å². The van der Waals surface area contributed by atoms with Crippen molar-refractivity contribution < 1.29 is 27.5 Å². The fraction of sp³-hybridized carbons (Fsp3) is 0.344. The van der Waals surface area contributed by atoms with Gasteiger partial charge in [-0.1, -0.05) is 48.5 Å². The van der Waals surface area contributed by atoms with Crippen LogP contribution in [0, 0.1) is 11.7 Å². The maximum Gasteiger partial charge on any atom is 0.335 e. The van der Waals surface area contributed by atoms with Crippen LogP contribution in [-0.4, -0.2) is 42.3 Å². The van der Waals surface area contributed by atoms with E-state index in [1.54, 1.807) is 18.2 Å². The monoisotopic (exact) mass is 573 g/mol. The van der Waals surface area contributed by atoms with Crippen LogP contribution in [0.1, 0.15) is 69.4 Å². The zero-order chi connectivity index (χ0) is 27.5. The molecular weight excluding hydrogens is 542 g/mol. The minimum Gasteiger partial charge on any atom is -0.478 e. The van der Waals surface area contributed by atoms with Crippen molar-refractivity contribution in [2.75, 3.05) is 26.3 Å². The molecule has 3 aromatic carbocycles. The highest BCUT2D eigenvalue weighted by Gasteiger charge is 2.27. The second-order valence-corrected chi connectivity index (χ2v) is 10.5.